The Kier molecular flexibility index (Phi) is 7.37. The van der Waals surface area contributed by atoms with Crippen molar-refractivity contribution in [2.75, 3.05) is 11.1 Å². The van der Waals surface area contributed by atoms with Crippen LogP contribution in [0, 0.1) is 10.1 Å². The molecule has 0 saturated heterocycles. The first-order chi connectivity index (χ1) is 14.4. The van der Waals surface area contributed by atoms with E-state index in [1.54, 1.807) is 23.9 Å². The third kappa shape index (κ3) is 6.01. The lowest BCUT2D eigenvalue weighted by Gasteiger charge is -2.03. The van der Waals surface area contributed by atoms with E-state index in [2.05, 4.69) is 41.5 Å². The summed E-state index contributed by atoms with van der Waals surface area (Å²) >= 11 is 3.25. The van der Waals surface area contributed by atoms with Gasteiger partial charge >= 0.3 is 0 Å². The van der Waals surface area contributed by atoms with Crippen LogP contribution in [0.15, 0.2) is 53.4 Å². The monoisotopic (exact) mass is 439 g/mol. The lowest BCUT2D eigenvalue weighted by molar-refractivity contribution is -0.384. The molecule has 0 unspecified atom stereocenters. The number of anilines is 1. The summed E-state index contributed by atoms with van der Waals surface area (Å²) in [5.41, 5.74) is 2.83. The molecule has 2 aromatic carbocycles. The number of hydrogen-bond acceptors (Lipinski definition) is 6. The molecule has 154 valence electrons. The molecule has 1 amide bonds. The number of thiazole rings is 1. The van der Waals surface area contributed by atoms with Gasteiger partial charge in [-0.2, -0.15) is 0 Å². The molecule has 0 saturated carbocycles. The number of nitrogens with one attached hydrogen (secondary N) is 1. The summed E-state index contributed by atoms with van der Waals surface area (Å²) in [6, 6.07) is 14.8. The third-order valence-corrected chi connectivity index (χ3v) is 6.03. The number of nitrogens with zero attached hydrogens (tertiary/aromatic N) is 2. The highest BCUT2D eigenvalue weighted by Gasteiger charge is 2.11. The highest BCUT2D eigenvalue weighted by atomic mass is 32.2. The Morgan fingerprint density at radius 1 is 1.17 bits per heavy atom. The minimum atomic E-state index is -0.421. The van der Waals surface area contributed by atoms with E-state index in [1.807, 2.05) is 12.2 Å². The molecule has 3 rings (SSSR count). The molecule has 3 aromatic rings. The van der Waals surface area contributed by atoms with Crippen LogP contribution in [0.4, 0.5) is 10.8 Å². The fourth-order valence-electron chi connectivity index (χ4n) is 2.76. The van der Waals surface area contributed by atoms with Crippen molar-refractivity contribution in [3.63, 3.8) is 0 Å². The molecule has 6 nitrogen and oxygen atoms in total. The minimum absolute atomic E-state index is 0.0547. The van der Waals surface area contributed by atoms with Gasteiger partial charge in [-0.1, -0.05) is 25.1 Å². The van der Waals surface area contributed by atoms with Crippen LogP contribution in [0.2, 0.25) is 0 Å². The van der Waals surface area contributed by atoms with E-state index in [0.717, 1.165) is 21.9 Å². The predicted molar refractivity (Wildman–Crippen MR) is 124 cm³/mol. The van der Waals surface area contributed by atoms with Gasteiger partial charge in [-0.3, -0.25) is 14.9 Å². The van der Waals surface area contributed by atoms with Crippen molar-refractivity contribution in [1.29, 1.82) is 0 Å². The fraction of sp³-hybridized carbons (Fsp3) is 0.182. The first kappa shape index (κ1) is 21.7. The maximum Gasteiger partial charge on any atom is 0.269 e. The number of aromatic nitrogens is 1. The highest BCUT2D eigenvalue weighted by molar-refractivity contribution is 7.99. The van der Waals surface area contributed by atoms with Crippen molar-refractivity contribution in [1.82, 2.24) is 4.98 Å². The fourth-order valence-corrected chi connectivity index (χ4v) is 4.45. The van der Waals surface area contributed by atoms with Gasteiger partial charge in [0, 0.05) is 35.2 Å². The molecule has 0 aliphatic heterocycles. The van der Waals surface area contributed by atoms with E-state index in [-0.39, 0.29) is 11.6 Å². The van der Waals surface area contributed by atoms with Crippen molar-refractivity contribution in [2.24, 2.45) is 0 Å². The number of rotatable bonds is 8. The summed E-state index contributed by atoms with van der Waals surface area (Å²) in [4.78, 5) is 28.6. The average Bonchev–Trinajstić information content (AvgIpc) is 3.08. The smallest absolute Gasteiger partial charge is 0.269 e. The third-order valence-electron chi connectivity index (χ3n) is 4.15. The van der Waals surface area contributed by atoms with Crippen LogP contribution < -0.4 is 5.32 Å². The standard InChI is InChI=1S/C22H21N3O3S2/c1-3-29-19-11-6-17(7-12-19)14-21-20(24-22(30-21)23-15(2)26)13-8-16-4-9-18(10-5-16)25(27)28/h4-13H,3,14H2,1-2H3,(H,23,24,26). The number of benzene rings is 2. The van der Waals surface area contributed by atoms with Crippen molar-refractivity contribution in [3.8, 4) is 0 Å². The maximum absolute atomic E-state index is 11.4. The molecule has 30 heavy (non-hydrogen) atoms. The molecule has 1 N–H and O–H groups in total. The number of carbonyl (C=O) groups excluding carboxylic acids is 1. The number of nitro benzene ring substituents is 1. The van der Waals surface area contributed by atoms with Gasteiger partial charge in [0.05, 0.1) is 10.6 Å². The molecular formula is C22H21N3O3S2. The maximum atomic E-state index is 11.4. The highest BCUT2D eigenvalue weighted by Crippen LogP contribution is 2.28. The molecule has 0 spiro atoms. The second-order valence-electron chi connectivity index (χ2n) is 6.44. The molecule has 8 heteroatoms. The Balaban J connectivity index is 1.83. The lowest BCUT2D eigenvalue weighted by Crippen LogP contribution is -2.04. The summed E-state index contributed by atoms with van der Waals surface area (Å²) in [7, 11) is 0. The average molecular weight is 440 g/mol. The van der Waals surface area contributed by atoms with Crippen LogP contribution in [0.25, 0.3) is 12.2 Å². The summed E-state index contributed by atoms with van der Waals surface area (Å²) in [6.45, 7) is 3.58. The van der Waals surface area contributed by atoms with E-state index < -0.39 is 4.92 Å². The van der Waals surface area contributed by atoms with Gasteiger partial charge in [0.15, 0.2) is 5.13 Å². The van der Waals surface area contributed by atoms with Crippen LogP contribution in [0.3, 0.4) is 0 Å². The Bertz CT molecular complexity index is 1060. The molecule has 0 fully saturated rings. The van der Waals surface area contributed by atoms with Crippen molar-refractivity contribution in [2.45, 2.75) is 25.2 Å². The predicted octanol–water partition coefficient (Wildman–Crippen LogP) is 5.88. The first-order valence-electron chi connectivity index (χ1n) is 9.36. The molecule has 1 aromatic heterocycles. The number of carbonyl (C=O) groups is 1. The summed E-state index contributed by atoms with van der Waals surface area (Å²) in [5, 5.41) is 14.1. The van der Waals surface area contributed by atoms with Gasteiger partial charge in [0.1, 0.15) is 0 Å². The van der Waals surface area contributed by atoms with E-state index in [4.69, 9.17) is 0 Å². The second kappa shape index (κ2) is 10.2. The number of thioether (sulfide) groups is 1. The van der Waals surface area contributed by atoms with Crippen LogP contribution in [0.5, 0.6) is 0 Å². The summed E-state index contributed by atoms with van der Waals surface area (Å²) in [5.74, 6) is 0.869. The van der Waals surface area contributed by atoms with E-state index in [9.17, 15) is 14.9 Å². The van der Waals surface area contributed by atoms with Crippen LogP contribution in [0.1, 0.15) is 35.5 Å². The Hall–Kier alpha value is -2.97. The van der Waals surface area contributed by atoms with Gasteiger partial charge in [-0.15, -0.1) is 23.1 Å². The quantitative estimate of drug-likeness (QED) is 0.269. The summed E-state index contributed by atoms with van der Waals surface area (Å²) in [6.07, 6.45) is 4.44. The van der Waals surface area contributed by atoms with Gasteiger partial charge < -0.3 is 5.32 Å². The zero-order valence-electron chi connectivity index (χ0n) is 16.6. The van der Waals surface area contributed by atoms with Crippen LogP contribution >= 0.6 is 23.1 Å². The lowest BCUT2D eigenvalue weighted by atomic mass is 10.1. The minimum Gasteiger partial charge on any atom is -0.302 e. The molecular weight excluding hydrogens is 418 g/mol. The Morgan fingerprint density at radius 3 is 2.47 bits per heavy atom. The normalized spacial score (nSPS) is 11.0. The Morgan fingerprint density at radius 2 is 1.87 bits per heavy atom. The molecule has 0 aliphatic rings. The molecule has 0 bridgehead atoms. The van der Waals surface area contributed by atoms with Crippen molar-refractivity contribution in [3.05, 3.63) is 80.3 Å². The zero-order valence-corrected chi connectivity index (χ0v) is 18.3. The van der Waals surface area contributed by atoms with Crippen molar-refractivity contribution < 1.29 is 9.72 Å². The van der Waals surface area contributed by atoms with Crippen LogP contribution in [-0.2, 0) is 11.2 Å². The summed E-state index contributed by atoms with van der Waals surface area (Å²) < 4.78 is 0. The molecule has 0 radical (unpaired) electrons. The van der Waals surface area contributed by atoms with Gasteiger partial charge in [-0.05, 0) is 47.2 Å². The topological polar surface area (TPSA) is 85.1 Å². The van der Waals surface area contributed by atoms with Gasteiger partial charge in [0.25, 0.3) is 5.69 Å². The molecule has 0 atom stereocenters. The number of non-ortho nitro benzene ring substituents is 1. The zero-order chi connectivity index (χ0) is 21.5. The van der Waals surface area contributed by atoms with E-state index >= 15 is 0 Å². The van der Waals surface area contributed by atoms with Gasteiger partial charge in [0.2, 0.25) is 5.91 Å². The van der Waals surface area contributed by atoms with Gasteiger partial charge in [-0.25, -0.2) is 4.98 Å². The number of hydrogen-bond donors (Lipinski definition) is 1. The second-order valence-corrected chi connectivity index (χ2v) is 8.87. The Labute approximate surface area is 183 Å². The van der Waals surface area contributed by atoms with Crippen LogP contribution in [-0.4, -0.2) is 21.6 Å². The molecule has 0 aliphatic carbocycles. The van der Waals surface area contributed by atoms with E-state index in [1.165, 1.54) is 40.9 Å². The number of nitro groups is 1. The largest absolute Gasteiger partial charge is 0.302 e. The van der Waals surface area contributed by atoms with Crippen molar-refractivity contribution >= 4 is 52.0 Å². The SMILES string of the molecule is CCSc1ccc(Cc2sc(NC(C)=O)nc2C=Cc2ccc([N+](=O)[O-])cc2)cc1. The number of amides is 1. The van der Waals surface area contributed by atoms with E-state index in [0.29, 0.717) is 11.6 Å². The molecule has 1 heterocycles. The first-order valence-corrected chi connectivity index (χ1v) is 11.2.